The molecule has 1 aromatic heterocycles. The highest BCUT2D eigenvalue weighted by Crippen LogP contribution is 2.30. The fraction of sp³-hybridized carbons (Fsp3) is 0.500. The molecule has 0 spiro atoms. The van der Waals surface area contributed by atoms with Gasteiger partial charge in [-0.1, -0.05) is 0 Å². The number of rotatable bonds is 5. The van der Waals surface area contributed by atoms with Crippen molar-refractivity contribution in [2.75, 3.05) is 6.61 Å². The lowest BCUT2D eigenvalue weighted by molar-refractivity contribution is -0.137. The number of carbonyl (C=O) groups excluding carboxylic acids is 1. The Morgan fingerprint density at radius 2 is 2.50 bits per heavy atom. The van der Waals surface area contributed by atoms with Gasteiger partial charge in [0.1, 0.15) is 0 Å². The van der Waals surface area contributed by atoms with Gasteiger partial charge in [-0.2, -0.15) is 5.10 Å². The molecule has 1 aliphatic rings. The second-order valence-corrected chi connectivity index (χ2v) is 4.02. The van der Waals surface area contributed by atoms with Crippen molar-refractivity contribution in [2.24, 2.45) is 5.92 Å². The lowest BCUT2D eigenvalue weighted by Crippen LogP contribution is -1.99. The van der Waals surface area contributed by atoms with Gasteiger partial charge in [0.05, 0.1) is 12.8 Å². The number of hydrogen-bond acceptors (Lipinski definition) is 3. The fourth-order valence-electron chi connectivity index (χ4n) is 1.49. The summed E-state index contributed by atoms with van der Waals surface area (Å²) >= 11 is 0. The van der Waals surface area contributed by atoms with Crippen LogP contribution in [-0.4, -0.2) is 22.4 Å². The van der Waals surface area contributed by atoms with Crippen molar-refractivity contribution < 1.29 is 9.53 Å². The van der Waals surface area contributed by atoms with Crippen LogP contribution in [0.3, 0.4) is 0 Å². The highest BCUT2D eigenvalue weighted by molar-refractivity contribution is 5.86. The SMILES string of the molecule is CCOC(=O)/C=C/c1cnn(CC2CC2)c1. The van der Waals surface area contributed by atoms with Gasteiger partial charge in [-0.05, 0) is 31.8 Å². The molecule has 1 saturated carbocycles. The third kappa shape index (κ3) is 3.22. The topological polar surface area (TPSA) is 44.1 Å². The standard InChI is InChI=1S/C12H16N2O2/c1-2-16-12(15)6-5-11-7-13-14(9-11)8-10-3-4-10/h5-7,9-10H,2-4,8H2,1H3/b6-5+. The Kier molecular flexibility index (Phi) is 3.39. The van der Waals surface area contributed by atoms with Crippen molar-refractivity contribution in [3.63, 3.8) is 0 Å². The van der Waals surface area contributed by atoms with Gasteiger partial charge < -0.3 is 4.74 Å². The number of ether oxygens (including phenoxy) is 1. The summed E-state index contributed by atoms with van der Waals surface area (Å²) in [6.07, 6.45) is 9.50. The van der Waals surface area contributed by atoms with Crippen molar-refractivity contribution in [3.8, 4) is 0 Å². The summed E-state index contributed by atoms with van der Waals surface area (Å²) < 4.78 is 6.73. The molecule has 16 heavy (non-hydrogen) atoms. The Balaban J connectivity index is 1.88. The Hall–Kier alpha value is -1.58. The molecule has 0 aromatic carbocycles. The Morgan fingerprint density at radius 1 is 1.69 bits per heavy atom. The molecular weight excluding hydrogens is 204 g/mol. The van der Waals surface area contributed by atoms with Crippen LogP contribution in [0.4, 0.5) is 0 Å². The molecule has 1 fully saturated rings. The van der Waals surface area contributed by atoms with Gasteiger partial charge in [0, 0.05) is 24.4 Å². The van der Waals surface area contributed by atoms with Crippen LogP contribution in [0.15, 0.2) is 18.5 Å². The van der Waals surface area contributed by atoms with E-state index in [4.69, 9.17) is 4.74 Å². The normalized spacial score (nSPS) is 15.6. The van der Waals surface area contributed by atoms with Crippen molar-refractivity contribution in [1.82, 2.24) is 9.78 Å². The first kappa shape index (κ1) is 10.9. The lowest BCUT2D eigenvalue weighted by Gasteiger charge is -1.96. The van der Waals surface area contributed by atoms with Gasteiger partial charge in [-0.3, -0.25) is 4.68 Å². The molecular formula is C12H16N2O2. The molecule has 0 bridgehead atoms. The molecule has 0 unspecified atom stereocenters. The van der Waals surface area contributed by atoms with Crippen LogP contribution in [0.5, 0.6) is 0 Å². The van der Waals surface area contributed by atoms with E-state index < -0.39 is 0 Å². The molecule has 0 atom stereocenters. The van der Waals surface area contributed by atoms with Gasteiger partial charge in [-0.15, -0.1) is 0 Å². The van der Waals surface area contributed by atoms with Crippen LogP contribution in [0, 0.1) is 5.92 Å². The van der Waals surface area contributed by atoms with Crippen LogP contribution in [0.25, 0.3) is 6.08 Å². The smallest absolute Gasteiger partial charge is 0.330 e. The molecule has 0 amide bonds. The number of aromatic nitrogens is 2. The van der Waals surface area contributed by atoms with Gasteiger partial charge in [0.25, 0.3) is 0 Å². The summed E-state index contributed by atoms with van der Waals surface area (Å²) in [6.45, 7) is 3.19. The van der Waals surface area contributed by atoms with E-state index >= 15 is 0 Å². The maximum atomic E-state index is 11.1. The molecule has 4 heteroatoms. The maximum absolute atomic E-state index is 11.1. The summed E-state index contributed by atoms with van der Waals surface area (Å²) in [5, 5.41) is 4.23. The number of nitrogens with zero attached hydrogens (tertiary/aromatic N) is 2. The van der Waals surface area contributed by atoms with E-state index in [0.29, 0.717) is 6.61 Å². The van der Waals surface area contributed by atoms with Crippen LogP contribution in [0.2, 0.25) is 0 Å². The van der Waals surface area contributed by atoms with E-state index in [0.717, 1.165) is 18.0 Å². The van der Waals surface area contributed by atoms with E-state index in [2.05, 4.69) is 5.10 Å². The highest BCUT2D eigenvalue weighted by Gasteiger charge is 2.21. The average Bonchev–Trinajstić information content (AvgIpc) is 2.94. The first-order valence-corrected chi connectivity index (χ1v) is 5.65. The second-order valence-electron chi connectivity index (χ2n) is 4.02. The zero-order valence-corrected chi connectivity index (χ0v) is 9.43. The van der Waals surface area contributed by atoms with Crippen molar-refractivity contribution in [3.05, 3.63) is 24.0 Å². The summed E-state index contributed by atoms with van der Waals surface area (Å²) in [4.78, 5) is 11.1. The third-order valence-electron chi connectivity index (χ3n) is 2.49. The zero-order valence-electron chi connectivity index (χ0n) is 9.43. The summed E-state index contributed by atoms with van der Waals surface area (Å²) in [5.41, 5.74) is 0.939. The molecule has 0 aliphatic heterocycles. The number of esters is 1. The minimum Gasteiger partial charge on any atom is -0.463 e. The van der Waals surface area contributed by atoms with E-state index in [9.17, 15) is 4.79 Å². The Labute approximate surface area is 94.9 Å². The summed E-state index contributed by atoms with van der Waals surface area (Å²) in [6, 6.07) is 0. The van der Waals surface area contributed by atoms with E-state index in [1.54, 1.807) is 19.2 Å². The van der Waals surface area contributed by atoms with E-state index in [1.165, 1.54) is 18.9 Å². The number of carbonyl (C=O) groups is 1. The third-order valence-corrected chi connectivity index (χ3v) is 2.49. The largest absolute Gasteiger partial charge is 0.463 e. The summed E-state index contributed by atoms with van der Waals surface area (Å²) in [5.74, 6) is 0.499. The maximum Gasteiger partial charge on any atom is 0.330 e. The highest BCUT2D eigenvalue weighted by atomic mass is 16.5. The molecule has 86 valence electrons. The van der Waals surface area contributed by atoms with E-state index in [-0.39, 0.29) is 5.97 Å². The van der Waals surface area contributed by atoms with Crippen LogP contribution < -0.4 is 0 Å². The van der Waals surface area contributed by atoms with Crippen molar-refractivity contribution in [1.29, 1.82) is 0 Å². The average molecular weight is 220 g/mol. The second kappa shape index (κ2) is 4.96. The predicted octanol–water partition coefficient (Wildman–Crippen LogP) is 1.87. The Bertz CT molecular complexity index is 391. The molecule has 0 N–H and O–H groups in total. The van der Waals surface area contributed by atoms with Crippen LogP contribution >= 0.6 is 0 Å². The Morgan fingerprint density at radius 3 is 3.19 bits per heavy atom. The van der Waals surface area contributed by atoms with Gasteiger partial charge in [0.15, 0.2) is 0 Å². The van der Waals surface area contributed by atoms with Crippen LogP contribution in [0.1, 0.15) is 25.3 Å². The van der Waals surface area contributed by atoms with E-state index in [1.807, 2.05) is 10.9 Å². The monoisotopic (exact) mass is 220 g/mol. The fourth-order valence-corrected chi connectivity index (χ4v) is 1.49. The van der Waals surface area contributed by atoms with Crippen molar-refractivity contribution >= 4 is 12.0 Å². The first-order valence-electron chi connectivity index (χ1n) is 5.65. The molecule has 0 saturated heterocycles. The molecule has 1 aromatic rings. The molecule has 2 rings (SSSR count). The molecule has 4 nitrogen and oxygen atoms in total. The van der Waals surface area contributed by atoms with Crippen molar-refractivity contribution in [2.45, 2.75) is 26.3 Å². The predicted molar refractivity (Wildman–Crippen MR) is 60.6 cm³/mol. The first-order chi connectivity index (χ1) is 7.78. The zero-order chi connectivity index (χ0) is 11.4. The van der Waals surface area contributed by atoms with Gasteiger partial charge in [-0.25, -0.2) is 4.79 Å². The molecule has 1 aliphatic carbocycles. The molecule has 1 heterocycles. The quantitative estimate of drug-likeness (QED) is 0.562. The molecule has 0 radical (unpaired) electrons. The minimum absolute atomic E-state index is 0.308. The van der Waals surface area contributed by atoms with Gasteiger partial charge >= 0.3 is 5.97 Å². The van der Waals surface area contributed by atoms with Gasteiger partial charge in [0.2, 0.25) is 0 Å². The number of hydrogen-bond donors (Lipinski definition) is 0. The lowest BCUT2D eigenvalue weighted by atomic mass is 10.3. The minimum atomic E-state index is -0.308. The van der Waals surface area contributed by atoms with Crippen LogP contribution in [-0.2, 0) is 16.1 Å². The summed E-state index contributed by atoms with van der Waals surface area (Å²) in [7, 11) is 0.